The molecule has 0 saturated carbocycles. The largest absolute Gasteiger partial charge is 0.469 e. The van der Waals surface area contributed by atoms with Gasteiger partial charge in [-0.1, -0.05) is 5.16 Å². The third kappa shape index (κ3) is 3.05. The predicted octanol–water partition coefficient (Wildman–Crippen LogP) is 1.67. The zero-order chi connectivity index (χ0) is 14.7. The zero-order valence-corrected chi connectivity index (χ0v) is 12.2. The molecule has 2 rings (SSSR count). The number of methoxy groups -OCH3 is 1. The Morgan fingerprint density at radius 3 is 2.85 bits per heavy atom. The van der Waals surface area contributed by atoms with Crippen molar-refractivity contribution in [1.29, 1.82) is 0 Å². The van der Waals surface area contributed by atoms with E-state index in [4.69, 9.17) is 0 Å². The summed E-state index contributed by atoms with van der Waals surface area (Å²) in [6.45, 7) is 0. The van der Waals surface area contributed by atoms with Crippen molar-refractivity contribution >= 4 is 40.1 Å². The van der Waals surface area contributed by atoms with Gasteiger partial charge in [0, 0.05) is 19.0 Å². The maximum absolute atomic E-state index is 11.6. The van der Waals surface area contributed by atoms with Crippen LogP contribution in [0.3, 0.4) is 0 Å². The summed E-state index contributed by atoms with van der Waals surface area (Å²) in [5.41, 5.74) is 0.587. The molecular weight excluding hydrogens is 280 g/mol. The van der Waals surface area contributed by atoms with Gasteiger partial charge in [-0.25, -0.2) is 4.79 Å². The summed E-state index contributed by atoms with van der Waals surface area (Å²) in [7, 11) is 5.17. The lowest BCUT2D eigenvalue weighted by Crippen LogP contribution is -2.11. The van der Waals surface area contributed by atoms with E-state index in [0.717, 1.165) is 9.88 Å². The maximum Gasteiger partial charge on any atom is 0.367 e. The Bertz CT molecular complexity index is 601. The van der Waals surface area contributed by atoms with Crippen molar-refractivity contribution in [2.24, 2.45) is 5.16 Å². The van der Waals surface area contributed by atoms with Crippen LogP contribution in [0.1, 0.15) is 11.3 Å². The Morgan fingerprint density at radius 1 is 1.50 bits per heavy atom. The van der Waals surface area contributed by atoms with E-state index in [0.29, 0.717) is 11.3 Å². The van der Waals surface area contributed by atoms with E-state index in [9.17, 15) is 9.59 Å². The lowest BCUT2D eigenvalue weighted by molar-refractivity contribution is -0.139. The molecule has 0 atom stereocenters. The van der Waals surface area contributed by atoms with Crippen LogP contribution in [-0.4, -0.2) is 38.9 Å². The molecule has 0 unspecified atom stereocenters. The minimum atomic E-state index is -0.552. The first-order valence-electron chi connectivity index (χ1n) is 5.85. The number of rotatable bonds is 4. The highest BCUT2D eigenvalue weighted by Crippen LogP contribution is 2.27. The molecule has 7 heteroatoms. The molecule has 1 aromatic heterocycles. The highest BCUT2D eigenvalue weighted by Gasteiger charge is 2.27. The van der Waals surface area contributed by atoms with E-state index in [1.165, 1.54) is 18.4 Å². The smallest absolute Gasteiger partial charge is 0.367 e. The van der Waals surface area contributed by atoms with Crippen LogP contribution in [0.5, 0.6) is 0 Å². The van der Waals surface area contributed by atoms with Gasteiger partial charge >= 0.3 is 11.9 Å². The normalized spacial score (nSPS) is 16.1. The molecule has 0 aliphatic carbocycles. The summed E-state index contributed by atoms with van der Waals surface area (Å²) in [6.07, 6.45) is 1.59. The Morgan fingerprint density at radius 2 is 2.25 bits per heavy atom. The number of esters is 1. The van der Waals surface area contributed by atoms with E-state index >= 15 is 0 Å². The number of hydrogen-bond acceptors (Lipinski definition) is 7. The molecule has 106 valence electrons. The topological polar surface area (TPSA) is 68.2 Å². The van der Waals surface area contributed by atoms with Gasteiger partial charge in [0.1, 0.15) is 5.71 Å². The number of carbonyl (C=O) groups is 2. The molecule has 0 saturated heterocycles. The SMILES string of the molecule is COC(=O)CC1=NOC(=O)C1=Cc1ccc(N(C)C)s1. The summed E-state index contributed by atoms with van der Waals surface area (Å²) < 4.78 is 4.56. The van der Waals surface area contributed by atoms with Crippen molar-refractivity contribution in [3.8, 4) is 0 Å². The van der Waals surface area contributed by atoms with Crippen LogP contribution < -0.4 is 4.90 Å². The number of oxime groups is 1. The molecule has 0 bridgehead atoms. The first-order chi connectivity index (χ1) is 9.51. The van der Waals surface area contributed by atoms with Crippen LogP contribution in [-0.2, 0) is 19.2 Å². The summed E-state index contributed by atoms with van der Waals surface area (Å²) in [4.78, 5) is 30.4. The third-order valence-electron chi connectivity index (χ3n) is 2.65. The molecule has 20 heavy (non-hydrogen) atoms. The van der Waals surface area contributed by atoms with E-state index in [1.807, 2.05) is 31.1 Å². The fourth-order valence-corrected chi connectivity index (χ4v) is 2.47. The minimum Gasteiger partial charge on any atom is -0.469 e. The second-order valence-corrected chi connectivity index (χ2v) is 5.39. The van der Waals surface area contributed by atoms with Gasteiger partial charge in [-0.3, -0.25) is 4.79 Å². The van der Waals surface area contributed by atoms with Gasteiger partial charge < -0.3 is 14.5 Å². The first kappa shape index (κ1) is 14.3. The van der Waals surface area contributed by atoms with Gasteiger partial charge in [-0.2, -0.15) is 0 Å². The standard InChI is InChI=1S/C13H14N2O4S/c1-15(2)11-5-4-8(20-11)6-9-10(7-12(16)18-3)14-19-13(9)17/h4-6H,7H2,1-3H3. The fraction of sp³-hybridized carbons (Fsp3) is 0.308. The summed E-state index contributed by atoms with van der Waals surface area (Å²) in [6, 6.07) is 3.85. The zero-order valence-electron chi connectivity index (χ0n) is 11.4. The van der Waals surface area contributed by atoms with Crippen LogP contribution in [0.2, 0.25) is 0 Å². The molecule has 6 nitrogen and oxygen atoms in total. The molecule has 1 aliphatic heterocycles. The van der Waals surface area contributed by atoms with Crippen molar-refractivity contribution in [3.05, 3.63) is 22.6 Å². The first-order valence-corrected chi connectivity index (χ1v) is 6.67. The molecule has 1 aliphatic rings. The van der Waals surface area contributed by atoms with Gasteiger partial charge in [0.2, 0.25) is 0 Å². The lowest BCUT2D eigenvalue weighted by Gasteiger charge is -2.06. The van der Waals surface area contributed by atoms with Crippen LogP contribution >= 0.6 is 11.3 Å². The van der Waals surface area contributed by atoms with Crippen LogP contribution in [0.4, 0.5) is 5.00 Å². The van der Waals surface area contributed by atoms with Crippen molar-refractivity contribution in [2.75, 3.05) is 26.1 Å². The van der Waals surface area contributed by atoms with Gasteiger partial charge in [0.15, 0.2) is 0 Å². The van der Waals surface area contributed by atoms with E-state index in [2.05, 4.69) is 14.7 Å². The molecule has 0 fully saturated rings. The second-order valence-electron chi connectivity index (χ2n) is 4.30. The van der Waals surface area contributed by atoms with Crippen molar-refractivity contribution in [3.63, 3.8) is 0 Å². The predicted molar refractivity (Wildman–Crippen MR) is 76.8 cm³/mol. The van der Waals surface area contributed by atoms with E-state index in [-0.39, 0.29) is 6.42 Å². The molecule has 0 spiro atoms. The summed E-state index contributed by atoms with van der Waals surface area (Å²) in [5.74, 6) is -1.02. The number of thiophene rings is 1. The molecule has 0 radical (unpaired) electrons. The lowest BCUT2D eigenvalue weighted by atomic mass is 10.1. The minimum absolute atomic E-state index is 0.0833. The summed E-state index contributed by atoms with van der Waals surface area (Å²) in [5, 5.41) is 4.68. The Labute approximate surface area is 120 Å². The Hall–Kier alpha value is -2.15. The maximum atomic E-state index is 11.6. The van der Waals surface area contributed by atoms with Gasteiger partial charge in [-0.15, -0.1) is 11.3 Å². The quantitative estimate of drug-likeness (QED) is 0.480. The van der Waals surface area contributed by atoms with Crippen LogP contribution in [0.15, 0.2) is 22.9 Å². The van der Waals surface area contributed by atoms with Gasteiger partial charge in [0.25, 0.3) is 0 Å². The Balaban J connectivity index is 2.23. The highest BCUT2D eigenvalue weighted by atomic mass is 32.1. The van der Waals surface area contributed by atoms with Crippen LogP contribution in [0.25, 0.3) is 6.08 Å². The highest BCUT2D eigenvalue weighted by molar-refractivity contribution is 7.17. The van der Waals surface area contributed by atoms with Crippen molar-refractivity contribution in [2.45, 2.75) is 6.42 Å². The van der Waals surface area contributed by atoms with Crippen molar-refractivity contribution < 1.29 is 19.2 Å². The van der Waals surface area contributed by atoms with E-state index < -0.39 is 11.9 Å². The molecule has 0 aromatic carbocycles. The monoisotopic (exact) mass is 294 g/mol. The summed E-state index contributed by atoms with van der Waals surface area (Å²) >= 11 is 1.53. The Kier molecular flexibility index (Phi) is 4.19. The number of hydrogen-bond donors (Lipinski definition) is 0. The number of ether oxygens (including phenoxy) is 1. The van der Waals surface area contributed by atoms with Crippen LogP contribution in [0, 0.1) is 0 Å². The average Bonchev–Trinajstić information content (AvgIpc) is 3.00. The van der Waals surface area contributed by atoms with Gasteiger partial charge in [-0.05, 0) is 18.2 Å². The fourth-order valence-electron chi connectivity index (χ4n) is 1.59. The van der Waals surface area contributed by atoms with Gasteiger partial charge in [0.05, 0.1) is 24.1 Å². The molecule has 1 aromatic rings. The van der Waals surface area contributed by atoms with Crippen molar-refractivity contribution in [1.82, 2.24) is 0 Å². The average molecular weight is 294 g/mol. The third-order valence-corrected chi connectivity index (χ3v) is 3.85. The molecule has 2 heterocycles. The second kappa shape index (κ2) is 5.87. The number of anilines is 1. The molecule has 0 amide bonds. The number of carbonyl (C=O) groups excluding carboxylic acids is 2. The number of nitrogens with zero attached hydrogens (tertiary/aromatic N) is 2. The molecular formula is C13H14N2O4S. The molecule has 0 N–H and O–H groups in total. The van der Waals surface area contributed by atoms with E-state index in [1.54, 1.807) is 6.08 Å².